The van der Waals surface area contributed by atoms with E-state index >= 15 is 0 Å². The number of methoxy groups -OCH3 is 1. The first kappa shape index (κ1) is 23.8. The number of likely N-dealkylation sites (tertiary alicyclic amines) is 1. The smallest absolute Gasteiger partial charge is 0.195 e. The van der Waals surface area contributed by atoms with E-state index in [1.807, 2.05) is 25.1 Å². The fraction of sp³-hybridized carbons (Fsp3) is 0.650. The second kappa shape index (κ2) is 12.3. The number of rotatable bonds is 7. The Balaban J connectivity index is 0.00000364. The van der Waals surface area contributed by atoms with Gasteiger partial charge in [-0.05, 0) is 57.8 Å². The van der Waals surface area contributed by atoms with Gasteiger partial charge in [-0.25, -0.2) is 0 Å². The molecule has 6 nitrogen and oxygen atoms in total. The topological polar surface area (TPSA) is 58.1 Å². The van der Waals surface area contributed by atoms with Crippen LogP contribution in [0.2, 0.25) is 0 Å². The molecule has 27 heavy (non-hydrogen) atoms. The van der Waals surface area contributed by atoms with E-state index in [0.717, 1.165) is 29.9 Å². The Hall–Kier alpha value is -1.22. The van der Waals surface area contributed by atoms with Crippen LogP contribution in [0.3, 0.4) is 0 Å². The molecule has 0 aliphatic carbocycles. The average Bonchev–Trinajstić information content (AvgIpc) is 2.66. The van der Waals surface area contributed by atoms with Crippen LogP contribution in [0.5, 0.6) is 11.5 Å². The summed E-state index contributed by atoms with van der Waals surface area (Å²) < 4.78 is 11.0. The highest BCUT2D eigenvalue weighted by Crippen LogP contribution is 2.30. The molecule has 0 radical (unpaired) electrons. The summed E-state index contributed by atoms with van der Waals surface area (Å²) in [4.78, 5) is 6.89. The first-order valence-corrected chi connectivity index (χ1v) is 9.59. The normalized spacial score (nSPS) is 17.0. The van der Waals surface area contributed by atoms with Crippen molar-refractivity contribution in [3.8, 4) is 11.5 Å². The molecular formula is C20H35IN4O2. The van der Waals surface area contributed by atoms with Crippen LogP contribution < -0.4 is 20.1 Å². The molecule has 7 heteroatoms. The van der Waals surface area contributed by atoms with Crippen molar-refractivity contribution in [3.63, 3.8) is 0 Å². The second-order valence-electron chi connectivity index (χ2n) is 6.94. The minimum atomic E-state index is 0. The van der Waals surface area contributed by atoms with E-state index in [-0.39, 0.29) is 24.0 Å². The van der Waals surface area contributed by atoms with Gasteiger partial charge in [0.15, 0.2) is 17.5 Å². The summed E-state index contributed by atoms with van der Waals surface area (Å²) in [6.07, 6.45) is 2.59. The van der Waals surface area contributed by atoms with E-state index in [9.17, 15) is 0 Å². The number of hydrogen-bond donors (Lipinski definition) is 2. The maximum Gasteiger partial charge on any atom is 0.195 e. The molecule has 0 spiro atoms. The molecule has 1 atom stereocenters. The van der Waals surface area contributed by atoms with Crippen molar-refractivity contribution in [2.45, 2.75) is 39.7 Å². The predicted octanol–water partition coefficient (Wildman–Crippen LogP) is 3.82. The summed E-state index contributed by atoms with van der Waals surface area (Å²) in [5, 5.41) is 6.75. The molecule has 1 aromatic carbocycles. The van der Waals surface area contributed by atoms with E-state index < -0.39 is 0 Å². The van der Waals surface area contributed by atoms with E-state index in [0.29, 0.717) is 18.4 Å². The Bertz CT molecular complexity index is 589. The number of aliphatic imine (C=N–C) groups is 1. The van der Waals surface area contributed by atoms with Crippen molar-refractivity contribution in [1.29, 1.82) is 0 Å². The highest BCUT2D eigenvalue weighted by molar-refractivity contribution is 14.0. The van der Waals surface area contributed by atoms with Crippen molar-refractivity contribution in [2.24, 2.45) is 10.9 Å². The molecule has 1 heterocycles. The molecule has 0 bridgehead atoms. The fourth-order valence-corrected chi connectivity index (χ4v) is 3.18. The molecule has 1 aromatic rings. The van der Waals surface area contributed by atoms with Crippen LogP contribution in [-0.4, -0.2) is 57.3 Å². The summed E-state index contributed by atoms with van der Waals surface area (Å²) in [7, 11) is 3.43. The summed E-state index contributed by atoms with van der Waals surface area (Å²) in [6.45, 7) is 10.4. The Kier molecular flexibility index (Phi) is 10.8. The molecule has 1 aliphatic heterocycles. The summed E-state index contributed by atoms with van der Waals surface area (Å²) in [6, 6.07) is 6.29. The van der Waals surface area contributed by atoms with Crippen LogP contribution in [0.15, 0.2) is 23.2 Å². The lowest BCUT2D eigenvalue weighted by atomic mass is 9.98. The van der Waals surface area contributed by atoms with Crippen LogP contribution in [0, 0.1) is 5.92 Å². The molecule has 2 rings (SSSR count). The lowest BCUT2D eigenvalue weighted by molar-refractivity contribution is 0.148. The first-order valence-electron chi connectivity index (χ1n) is 9.59. The SMILES string of the molecule is CCOc1ccc(NC(=NC)NCC(C)N2CCC(C)CC2)cc1OC.I. The number of ether oxygens (including phenoxy) is 2. The Morgan fingerprint density at radius 1 is 1.30 bits per heavy atom. The van der Waals surface area contributed by atoms with Crippen LogP contribution in [0.25, 0.3) is 0 Å². The van der Waals surface area contributed by atoms with Crippen LogP contribution in [0.1, 0.15) is 33.6 Å². The molecule has 1 fully saturated rings. The monoisotopic (exact) mass is 490 g/mol. The van der Waals surface area contributed by atoms with E-state index in [4.69, 9.17) is 9.47 Å². The third kappa shape index (κ3) is 7.37. The lowest BCUT2D eigenvalue weighted by Gasteiger charge is -2.35. The number of guanidine groups is 1. The quantitative estimate of drug-likeness (QED) is 0.346. The molecular weight excluding hydrogens is 455 g/mol. The molecule has 0 amide bonds. The van der Waals surface area contributed by atoms with Crippen molar-refractivity contribution >= 4 is 35.6 Å². The van der Waals surface area contributed by atoms with Gasteiger partial charge in [0.2, 0.25) is 0 Å². The van der Waals surface area contributed by atoms with Gasteiger partial charge in [-0.1, -0.05) is 6.92 Å². The Morgan fingerprint density at radius 3 is 2.59 bits per heavy atom. The van der Waals surface area contributed by atoms with Crippen LogP contribution in [0.4, 0.5) is 5.69 Å². The minimum absolute atomic E-state index is 0. The van der Waals surface area contributed by atoms with E-state index in [1.165, 1.54) is 25.9 Å². The number of nitrogens with one attached hydrogen (secondary N) is 2. The van der Waals surface area contributed by atoms with E-state index in [1.54, 1.807) is 14.2 Å². The third-order valence-electron chi connectivity index (χ3n) is 4.96. The molecule has 1 aliphatic rings. The third-order valence-corrected chi connectivity index (χ3v) is 4.96. The van der Waals surface area contributed by atoms with Crippen molar-refractivity contribution in [3.05, 3.63) is 18.2 Å². The van der Waals surface area contributed by atoms with Gasteiger partial charge in [-0.3, -0.25) is 9.89 Å². The van der Waals surface area contributed by atoms with Crippen molar-refractivity contribution in [1.82, 2.24) is 10.2 Å². The molecule has 0 saturated carbocycles. The summed E-state index contributed by atoms with van der Waals surface area (Å²) in [5.41, 5.74) is 0.915. The average molecular weight is 490 g/mol. The summed E-state index contributed by atoms with van der Waals surface area (Å²) in [5.74, 6) is 3.07. The van der Waals surface area contributed by atoms with E-state index in [2.05, 4.69) is 34.4 Å². The number of halogens is 1. The highest BCUT2D eigenvalue weighted by Gasteiger charge is 2.20. The molecule has 2 N–H and O–H groups in total. The maximum absolute atomic E-state index is 5.56. The number of anilines is 1. The van der Waals surface area contributed by atoms with Crippen LogP contribution in [-0.2, 0) is 0 Å². The fourth-order valence-electron chi connectivity index (χ4n) is 3.18. The number of benzene rings is 1. The molecule has 1 saturated heterocycles. The zero-order valence-electron chi connectivity index (χ0n) is 17.2. The predicted molar refractivity (Wildman–Crippen MR) is 124 cm³/mol. The van der Waals surface area contributed by atoms with Gasteiger partial charge < -0.3 is 20.1 Å². The van der Waals surface area contributed by atoms with Gasteiger partial charge in [0.1, 0.15) is 0 Å². The largest absolute Gasteiger partial charge is 0.493 e. The van der Waals surface area contributed by atoms with Gasteiger partial charge in [-0.15, -0.1) is 24.0 Å². The molecule has 1 unspecified atom stereocenters. The number of piperidine rings is 1. The Labute approximate surface area is 181 Å². The number of hydrogen-bond acceptors (Lipinski definition) is 4. The van der Waals surface area contributed by atoms with Gasteiger partial charge in [0.25, 0.3) is 0 Å². The minimum Gasteiger partial charge on any atom is -0.493 e. The highest BCUT2D eigenvalue weighted by atomic mass is 127. The number of nitrogens with zero attached hydrogens (tertiary/aromatic N) is 2. The zero-order valence-corrected chi connectivity index (χ0v) is 19.6. The standard InChI is InChI=1S/C20H34N4O2.HI/c1-6-26-18-8-7-17(13-19(18)25-5)23-20(21-4)22-14-16(3)24-11-9-15(2)10-12-24;/h7-8,13,15-16H,6,9-12,14H2,1-5H3,(H2,21,22,23);1H. The summed E-state index contributed by atoms with van der Waals surface area (Å²) >= 11 is 0. The maximum atomic E-state index is 5.56. The zero-order chi connectivity index (χ0) is 18.9. The van der Waals surface area contributed by atoms with Crippen LogP contribution >= 0.6 is 24.0 Å². The van der Waals surface area contributed by atoms with Gasteiger partial charge in [0, 0.05) is 31.4 Å². The Morgan fingerprint density at radius 2 is 2.00 bits per heavy atom. The van der Waals surface area contributed by atoms with Gasteiger partial charge in [-0.2, -0.15) is 0 Å². The van der Waals surface area contributed by atoms with Gasteiger partial charge >= 0.3 is 0 Å². The van der Waals surface area contributed by atoms with Gasteiger partial charge in [0.05, 0.1) is 13.7 Å². The first-order chi connectivity index (χ1) is 12.6. The molecule has 154 valence electrons. The second-order valence-corrected chi connectivity index (χ2v) is 6.94. The lowest BCUT2D eigenvalue weighted by Crippen LogP contribution is -2.46. The van der Waals surface area contributed by atoms with Crippen molar-refractivity contribution < 1.29 is 9.47 Å². The molecule has 0 aromatic heterocycles. The van der Waals surface area contributed by atoms with Crippen molar-refractivity contribution in [2.75, 3.05) is 45.7 Å².